The maximum atomic E-state index is 14.6. The summed E-state index contributed by atoms with van der Waals surface area (Å²) in [5.41, 5.74) is 1.12. The molecule has 5 rings (SSSR count). The van der Waals surface area contributed by atoms with Gasteiger partial charge in [-0.15, -0.1) is 11.8 Å². The SMILES string of the molecule is O=c1nc(N2CCNCC2)c2cc(Cl)c(-c3ccc(F)cc3F)c3c2n1CCS3. The van der Waals surface area contributed by atoms with Crippen molar-refractivity contribution in [1.82, 2.24) is 14.9 Å². The quantitative estimate of drug-likeness (QED) is 0.669. The highest BCUT2D eigenvalue weighted by molar-refractivity contribution is 7.99. The Morgan fingerprint density at radius 1 is 1.14 bits per heavy atom. The first kappa shape index (κ1) is 18.8. The molecule has 0 saturated carbocycles. The predicted octanol–water partition coefficient (Wildman–Crippen LogP) is 3.51. The summed E-state index contributed by atoms with van der Waals surface area (Å²) in [6.07, 6.45) is 0. The molecule has 0 radical (unpaired) electrons. The number of aromatic nitrogens is 2. The van der Waals surface area contributed by atoms with Crippen LogP contribution in [-0.4, -0.2) is 41.5 Å². The van der Waals surface area contributed by atoms with Crippen molar-refractivity contribution in [2.45, 2.75) is 11.4 Å². The second-order valence-electron chi connectivity index (χ2n) is 7.04. The average molecular weight is 435 g/mol. The standard InChI is InChI=1S/C20H17ClF2N4OS/c21-14-10-13-17-18(16(14)12-2-1-11(22)9-15(12)23)29-8-7-27(17)20(28)25-19(13)26-5-3-24-4-6-26/h1-2,9-10,24H,3-8H2. The van der Waals surface area contributed by atoms with Gasteiger partial charge in [0.15, 0.2) is 0 Å². The molecule has 0 aliphatic carbocycles. The van der Waals surface area contributed by atoms with Crippen molar-refractivity contribution < 1.29 is 8.78 Å². The number of benzene rings is 2. The van der Waals surface area contributed by atoms with Gasteiger partial charge in [0.05, 0.1) is 10.5 Å². The molecule has 1 aromatic heterocycles. The minimum atomic E-state index is -0.682. The smallest absolute Gasteiger partial charge is 0.350 e. The minimum absolute atomic E-state index is 0.224. The zero-order chi connectivity index (χ0) is 20.1. The highest BCUT2D eigenvalue weighted by Gasteiger charge is 2.27. The molecule has 2 aliphatic heterocycles. The third kappa shape index (κ3) is 3.10. The van der Waals surface area contributed by atoms with Crippen molar-refractivity contribution >= 4 is 40.1 Å². The Kier molecular flexibility index (Phi) is 4.72. The molecular formula is C20H17ClF2N4OS. The van der Waals surface area contributed by atoms with E-state index in [9.17, 15) is 13.6 Å². The number of thioether (sulfide) groups is 1. The van der Waals surface area contributed by atoms with Crippen LogP contribution in [-0.2, 0) is 6.54 Å². The maximum Gasteiger partial charge on any atom is 0.350 e. The summed E-state index contributed by atoms with van der Waals surface area (Å²) in [5.74, 6) is -0.0719. The summed E-state index contributed by atoms with van der Waals surface area (Å²) in [6, 6.07) is 5.21. The van der Waals surface area contributed by atoms with Crippen LogP contribution in [0.25, 0.3) is 22.0 Å². The Morgan fingerprint density at radius 2 is 1.93 bits per heavy atom. The Bertz CT molecular complexity index is 1190. The number of rotatable bonds is 2. The van der Waals surface area contributed by atoms with Crippen LogP contribution < -0.4 is 15.9 Å². The lowest BCUT2D eigenvalue weighted by Crippen LogP contribution is -2.45. The summed E-state index contributed by atoms with van der Waals surface area (Å²) in [6.45, 7) is 3.61. The van der Waals surface area contributed by atoms with E-state index in [4.69, 9.17) is 11.6 Å². The van der Waals surface area contributed by atoms with E-state index in [-0.39, 0.29) is 11.3 Å². The molecule has 1 N–H and O–H groups in total. The van der Waals surface area contributed by atoms with E-state index in [1.54, 1.807) is 10.6 Å². The van der Waals surface area contributed by atoms with E-state index in [1.807, 2.05) is 0 Å². The predicted molar refractivity (Wildman–Crippen MR) is 112 cm³/mol. The Hall–Kier alpha value is -2.16. The van der Waals surface area contributed by atoms with Crippen LogP contribution in [0, 0.1) is 11.6 Å². The van der Waals surface area contributed by atoms with Crippen molar-refractivity contribution in [2.24, 2.45) is 0 Å². The highest BCUT2D eigenvalue weighted by atomic mass is 35.5. The van der Waals surface area contributed by atoms with Crippen LogP contribution >= 0.6 is 23.4 Å². The fraction of sp³-hybridized carbons (Fsp3) is 0.300. The molecule has 3 heterocycles. The molecule has 0 unspecified atom stereocenters. The number of nitrogens with one attached hydrogen (secondary N) is 1. The van der Waals surface area contributed by atoms with Crippen molar-refractivity contribution in [1.29, 1.82) is 0 Å². The molecule has 0 amide bonds. The number of halogens is 3. The third-order valence-corrected chi connectivity index (χ3v) is 6.70. The molecule has 0 spiro atoms. The molecule has 9 heteroatoms. The zero-order valence-corrected chi connectivity index (χ0v) is 16.9. The molecule has 29 heavy (non-hydrogen) atoms. The third-order valence-electron chi connectivity index (χ3n) is 5.33. The van der Waals surface area contributed by atoms with Crippen LogP contribution in [0.15, 0.2) is 34.0 Å². The van der Waals surface area contributed by atoms with Gasteiger partial charge in [0.25, 0.3) is 0 Å². The normalized spacial score (nSPS) is 16.4. The van der Waals surface area contributed by atoms with Gasteiger partial charge in [0.1, 0.15) is 17.5 Å². The first-order valence-corrected chi connectivity index (χ1v) is 10.7. The van der Waals surface area contributed by atoms with Gasteiger partial charge < -0.3 is 10.2 Å². The molecular weight excluding hydrogens is 418 g/mol. The average Bonchev–Trinajstić information content (AvgIpc) is 2.72. The Balaban J connectivity index is 1.83. The van der Waals surface area contributed by atoms with Gasteiger partial charge >= 0.3 is 5.69 Å². The van der Waals surface area contributed by atoms with Crippen molar-refractivity contribution in [3.63, 3.8) is 0 Å². The Labute approximate surface area is 174 Å². The maximum absolute atomic E-state index is 14.6. The molecule has 150 valence electrons. The van der Waals surface area contributed by atoms with Crippen molar-refractivity contribution in [3.05, 3.63) is 51.4 Å². The van der Waals surface area contributed by atoms with E-state index in [1.165, 1.54) is 23.9 Å². The number of nitrogens with zero attached hydrogens (tertiary/aromatic N) is 3. The van der Waals surface area contributed by atoms with E-state index in [0.717, 1.165) is 48.0 Å². The van der Waals surface area contributed by atoms with Gasteiger partial charge in [0.2, 0.25) is 0 Å². The zero-order valence-electron chi connectivity index (χ0n) is 15.3. The first-order valence-electron chi connectivity index (χ1n) is 9.35. The van der Waals surface area contributed by atoms with Crippen molar-refractivity contribution in [3.8, 4) is 11.1 Å². The summed E-state index contributed by atoms with van der Waals surface area (Å²) in [4.78, 5) is 20.0. The lowest BCUT2D eigenvalue weighted by atomic mass is 10.0. The molecule has 2 aromatic carbocycles. The molecule has 1 saturated heterocycles. The second kappa shape index (κ2) is 7.27. The summed E-state index contributed by atoms with van der Waals surface area (Å²) in [5, 5.41) is 4.43. The second-order valence-corrected chi connectivity index (χ2v) is 8.55. The van der Waals surface area contributed by atoms with Crippen LogP contribution in [0.5, 0.6) is 0 Å². The van der Waals surface area contributed by atoms with Gasteiger partial charge in [0, 0.05) is 66.0 Å². The monoisotopic (exact) mass is 434 g/mol. The summed E-state index contributed by atoms with van der Waals surface area (Å²) >= 11 is 8.17. The largest absolute Gasteiger partial charge is 0.353 e. The first-order chi connectivity index (χ1) is 14.0. The lowest BCUT2D eigenvalue weighted by Gasteiger charge is -2.31. The van der Waals surface area contributed by atoms with E-state index in [2.05, 4.69) is 15.2 Å². The molecule has 0 atom stereocenters. The highest BCUT2D eigenvalue weighted by Crippen LogP contribution is 2.46. The van der Waals surface area contributed by atoms with Gasteiger partial charge in [-0.1, -0.05) is 11.6 Å². The molecule has 3 aromatic rings. The molecule has 1 fully saturated rings. The Morgan fingerprint density at radius 3 is 2.69 bits per heavy atom. The van der Waals surface area contributed by atoms with Crippen LogP contribution in [0.1, 0.15) is 0 Å². The fourth-order valence-electron chi connectivity index (χ4n) is 4.01. The van der Waals surface area contributed by atoms with Gasteiger partial charge in [-0.25, -0.2) is 13.6 Å². The molecule has 0 bridgehead atoms. The summed E-state index contributed by atoms with van der Waals surface area (Å²) in [7, 11) is 0. The topological polar surface area (TPSA) is 50.2 Å². The van der Waals surface area contributed by atoms with E-state index in [0.29, 0.717) is 28.7 Å². The van der Waals surface area contributed by atoms with Crippen molar-refractivity contribution in [2.75, 3.05) is 36.8 Å². The number of hydrogen-bond acceptors (Lipinski definition) is 5. The number of hydrogen-bond donors (Lipinski definition) is 1. The van der Waals surface area contributed by atoms with Crippen LogP contribution in [0.2, 0.25) is 5.02 Å². The minimum Gasteiger partial charge on any atom is -0.353 e. The summed E-state index contributed by atoms with van der Waals surface area (Å²) < 4.78 is 29.7. The van der Waals surface area contributed by atoms with E-state index < -0.39 is 11.6 Å². The molecule has 2 aliphatic rings. The van der Waals surface area contributed by atoms with Gasteiger partial charge in [-0.2, -0.15) is 4.98 Å². The number of aryl methyl sites for hydroxylation is 1. The molecule has 5 nitrogen and oxygen atoms in total. The van der Waals surface area contributed by atoms with E-state index >= 15 is 0 Å². The van der Waals surface area contributed by atoms with Crippen LogP contribution in [0.4, 0.5) is 14.6 Å². The fourth-order valence-corrected chi connectivity index (χ4v) is 5.57. The number of anilines is 1. The number of piperazine rings is 1. The lowest BCUT2D eigenvalue weighted by molar-refractivity contribution is 0.583. The van der Waals surface area contributed by atoms with Gasteiger partial charge in [-0.05, 0) is 18.2 Å². The van der Waals surface area contributed by atoms with Gasteiger partial charge in [-0.3, -0.25) is 4.57 Å². The van der Waals surface area contributed by atoms with Crippen LogP contribution in [0.3, 0.4) is 0 Å².